The van der Waals surface area contributed by atoms with Crippen molar-refractivity contribution in [3.05, 3.63) is 58.7 Å². The summed E-state index contributed by atoms with van der Waals surface area (Å²) in [5.41, 5.74) is 1.28. The van der Waals surface area contributed by atoms with Crippen molar-refractivity contribution in [2.75, 3.05) is 25.2 Å². The Bertz CT molecular complexity index is 1130. The Morgan fingerprint density at radius 2 is 2.00 bits per heavy atom. The number of carbonyl (C=O) groups excluding carboxylic acids is 2. The lowest BCUT2D eigenvalue weighted by molar-refractivity contribution is -0.121. The van der Waals surface area contributed by atoms with E-state index in [0.29, 0.717) is 27.4 Å². The number of anilines is 1. The molecular formula is C23H22FNO4S2. The van der Waals surface area contributed by atoms with Gasteiger partial charge in [0.1, 0.15) is 10.7 Å². The third kappa shape index (κ3) is 4.46. The Morgan fingerprint density at radius 3 is 2.81 bits per heavy atom. The summed E-state index contributed by atoms with van der Waals surface area (Å²) in [6, 6.07) is 12.4. The van der Waals surface area contributed by atoms with Gasteiger partial charge in [-0.15, -0.1) is 23.1 Å². The minimum atomic E-state index is -0.646. The summed E-state index contributed by atoms with van der Waals surface area (Å²) in [5.74, 6) is -1.34. The second-order valence-electron chi connectivity index (χ2n) is 7.26. The second kappa shape index (κ2) is 9.38. The van der Waals surface area contributed by atoms with E-state index in [-0.39, 0.29) is 24.0 Å². The van der Waals surface area contributed by atoms with Crippen LogP contribution in [0.3, 0.4) is 0 Å². The molecule has 4 rings (SSSR count). The number of hydrogen-bond donors (Lipinski definition) is 0. The van der Waals surface area contributed by atoms with Crippen LogP contribution < -0.4 is 4.90 Å². The van der Waals surface area contributed by atoms with Crippen LogP contribution in [0, 0.1) is 5.82 Å². The van der Waals surface area contributed by atoms with Crippen molar-refractivity contribution in [3.8, 4) is 0 Å². The van der Waals surface area contributed by atoms with E-state index in [1.807, 2.05) is 24.3 Å². The molecule has 5 nitrogen and oxygen atoms in total. The third-order valence-electron chi connectivity index (χ3n) is 5.11. The van der Waals surface area contributed by atoms with Gasteiger partial charge in [-0.2, -0.15) is 0 Å². The van der Waals surface area contributed by atoms with Crippen LogP contribution in [0.5, 0.6) is 0 Å². The summed E-state index contributed by atoms with van der Waals surface area (Å²) in [6.45, 7) is 2.39. The lowest BCUT2D eigenvalue weighted by Crippen LogP contribution is -2.35. The van der Waals surface area contributed by atoms with Crippen molar-refractivity contribution in [2.45, 2.75) is 30.1 Å². The molecule has 0 radical (unpaired) electrons. The van der Waals surface area contributed by atoms with Gasteiger partial charge in [-0.3, -0.25) is 4.79 Å². The SMILES string of the molecule is COCc1c(C(=O)OCC(=O)N2CC[C@H](C)Sc3ccccc32)sc2cccc(F)c12. The minimum Gasteiger partial charge on any atom is -0.451 e. The molecular weight excluding hydrogens is 437 g/mol. The monoisotopic (exact) mass is 459 g/mol. The number of amides is 1. The highest BCUT2D eigenvalue weighted by Crippen LogP contribution is 2.37. The summed E-state index contributed by atoms with van der Waals surface area (Å²) in [6.07, 6.45) is 0.840. The predicted molar refractivity (Wildman–Crippen MR) is 122 cm³/mol. The van der Waals surface area contributed by atoms with Gasteiger partial charge in [0.15, 0.2) is 6.61 Å². The summed E-state index contributed by atoms with van der Waals surface area (Å²) < 4.78 is 25.5. The smallest absolute Gasteiger partial charge is 0.349 e. The molecule has 3 aromatic rings. The van der Waals surface area contributed by atoms with E-state index in [4.69, 9.17) is 9.47 Å². The van der Waals surface area contributed by atoms with Crippen molar-refractivity contribution >= 4 is 50.7 Å². The number of halogens is 1. The average molecular weight is 460 g/mol. The standard InChI is InChI=1S/C23H22FNO4S2/c1-14-10-11-25(17-7-3-4-8-18(17)30-14)20(26)13-29-23(27)22-15(12-28-2)21-16(24)6-5-9-19(21)31-22/h3-9,14H,10-13H2,1-2H3/t14-/m0/s1. The van der Waals surface area contributed by atoms with Crippen LogP contribution in [0.2, 0.25) is 0 Å². The van der Waals surface area contributed by atoms with Gasteiger partial charge in [-0.1, -0.05) is 25.1 Å². The summed E-state index contributed by atoms with van der Waals surface area (Å²) >= 11 is 2.88. The topological polar surface area (TPSA) is 55.8 Å². The zero-order valence-corrected chi connectivity index (χ0v) is 18.9. The highest BCUT2D eigenvalue weighted by Gasteiger charge is 2.26. The van der Waals surface area contributed by atoms with Gasteiger partial charge in [-0.05, 0) is 30.7 Å². The van der Waals surface area contributed by atoms with Gasteiger partial charge in [0.05, 0.1) is 12.3 Å². The molecule has 2 aromatic carbocycles. The third-order valence-corrected chi connectivity index (χ3v) is 7.52. The van der Waals surface area contributed by atoms with Gasteiger partial charge in [0.2, 0.25) is 0 Å². The van der Waals surface area contributed by atoms with E-state index in [1.165, 1.54) is 13.2 Å². The number of hydrogen-bond acceptors (Lipinski definition) is 6. The number of esters is 1. The molecule has 162 valence electrons. The van der Waals surface area contributed by atoms with Crippen LogP contribution >= 0.6 is 23.1 Å². The Labute approximate surface area is 188 Å². The first kappa shape index (κ1) is 21.8. The molecule has 2 heterocycles. The van der Waals surface area contributed by atoms with Crippen molar-refractivity contribution in [2.24, 2.45) is 0 Å². The number of rotatable bonds is 5. The molecule has 1 aromatic heterocycles. The number of carbonyl (C=O) groups is 2. The first-order valence-corrected chi connectivity index (χ1v) is 11.6. The quantitative estimate of drug-likeness (QED) is 0.487. The molecule has 0 saturated carbocycles. The van der Waals surface area contributed by atoms with Gasteiger partial charge < -0.3 is 14.4 Å². The Kier molecular flexibility index (Phi) is 6.60. The fraction of sp³-hybridized carbons (Fsp3) is 0.304. The number of ether oxygens (including phenoxy) is 2. The van der Waals surface area contributed by atoms with Crippen LogP contribution in [0.25, 0.3) is 10.1 Å². The van der Waals surface area contributed by atoms with Crippen LogP contribution in [-0.2, 0) is 20.9 Å². The molecule has 0 fully saturated rings. The lowest BCUT2D eigenvalue weighted by Gasteiger charge is -2.22. The van der Waals surface area contributed by atoms with Crippen LogP contribution in [-0.4, -0.2) is 37.4 Å². The Hall–Kier alpha value is -2.42. The molecule has 0 unspecified atom stereocenters. The number of thioether (sulfide) groups is 1. The molecule has 31 heavy (non-hydrogen) atoms. The van der Waals surface area contributed by atoms with E-state index >= 15 is 0 Å². The zero-order chi connectivity index (χ0) is 22.0. The molecule has 0 N–H and O–H groups in total. The van der Waals surface area contributed by atoms with Gasteiger partial charge in [-0.25, -0.2) is 9.18 Å². The highest BCUT2D eigenvalue weighted by molar-refractivity contribution is 8.00. The normalized spacial score (nSPS) is 16.1. The molecule has 1 amide bonds. The maximum Gasteiger partial charge on any atom is 0.349 e. The van der Waals surface area contributed by atoms with E-state index in [2.05, 4.69) is 6.92 Å². The van der Waals surface area contributed by atoms with Gasteiger partial charge >= 0.3 is 5.97 Å². The molecule has 1 aliphatic rings. The van der Waals surface area contributed by atoms with Gasteiger partial charge in [0.25, 0.3) is 5.91 Å². The van der Waals surface area contributed by atoms with E-state index < -0.39 is 11.8 Å². The maximum absolute atomic E-state index is 14.4. The number of fused-ring (bicyclic) bond motifs is 2. The maximum atomic E-state index is 14.4. The molecule has 0 aliphatic carbocycles. The number of nitrogens with zero attached hydrogens (tertiary/aromatic N) is 1. The summed E-state index contributed by atoms with van der Waals surface area (Å²) in [4.78, 5) is 28.7. The summed E-state index contributed by atoms with van der Waals surface area (Å²) in [7, 11) is 1.48. The first-order valence-electron chi connectivity index (χ1n) is 9.91. The molecule has 8 heteroatoms. The van der Waals surface area contributed by atoms with Crippen LogP contribution in [0.4, 0.5) is 10.1 Å². The van der Waals surface area contributed by atoms with Crippen LogP contribution in [0.15, 0.2) is 47.4 Å². The Morgan fingerprint density at radius 1 is 1.19 bits per heavy atom. The van der Waals surface area contributed by atoms with Crippen LogP contribution in [0.1, 0.15) is 28.6 Å². The Balaban J connectivity index is 1.54. The van der Waals surface area contributed by atoms with Crippen molar-refractivity contribution in [3.63, 3.8) is 0 Å². The van der Waals surface area contributed by atoms with Crippen molar-refractivity contribution < 1.29 is 23.5 Å². The molecule has 0 saturated heterocycles. The van der Waals surface area contributed by atoms with Crippen molar-refractivity contribution in [1.29, 1.82) is 0 Å². The average Bonchev–Trinajstić information content (AvgIpc) is 3.04. The largest absolute Gasteiger partial charge is 0.451 e. The fourth-order valence-corrected chi connectivity index (χ4v) is 5.86. The highest BCUT2D eigenvalue weighted by atomic mass is 32.2. The fourth-order valence-electron chi connectivity index (χ4n) is 3.63. The number of thiophene rings is 1. The zero-order valence-electron chi connectivity index (χ0n) is 17.2. The van der Waals surface area contributed by atoms with Gasteiger partial charge in [0, 0.05) is 39.4 Å². The molecule has 1 atom stereocenters. The van der Waals surface area contributed by atoms with E-state index in [9.17, 15) is 14.0 Å². The molecule has 0 bridgehead atoms. The number of benzene rings is 2. The number of methoxy groups -OCH3 is 1. The predicted octanol–water partition coefficient (Wildman–Crippen LogP) is 5.26. The minimum absolute atomic E-state index is 0.0773. The first-order chi connectivity index (χ1) is 15.0. The molecule has 0 spiro atoms. The second-order valence-corrected chi connectivity index (χ2v) is 9.79. The summed E-state index contributed by atoms with van der Waals surface area (Å²) in [5, 5.41) is 0.742. The van der Waals surface area contributed by atoms with E-state index in [0.717, 1.165) is 28.3 Å². The van der Waals surface area contributed by atoms with Crippen molar-refractivity contribution in [1.82, 2.24) is 0 Å². The lowest BCUT2D eigenvalue weighted by atomic mass is 10.1. The van der Waals surface area contributed by atoms with E-state index in [1.54, 1.807) is 28.8 Å². The number of para-hydroxylation sites is 1. The molecule has 1 aliphatic heterocycles.